The van der Waals surface area contributed by atoms with Crippen LogP contribution < -0.4 is 15.4 Å². The van der Waals surface area contributed by atoms with E-state index in [1.165, 1.54) is 16.7 Å². The van der Waals surface area contributed by atoms with Crippen molar-refractivity contribution >= 4 is 29.9 Å². The van der Waals surface area contributed by atoms with Crippen LogP contribution in [0.2, 0.25) is 0 Å². The maximum Gasteiger partial charge on any atom is 0.191 e. The summed E-state index contributed by atoms with van der Waals surface area (Å²) >= 11 is 0. The van der Waals surface area contributed by atoms with Gasteiger partial charge in [0.05, 0.1) is 20.3 Å². The molecule has 28 heavy (non-hydrogen) atoms. The number of aliphatic imine (C=N–C) groups is 1. The Hall–Kier alpha value is -1.80. The van der Waals surface area contributed by atoms with Crippen molar-refractivity contribution in [1.29, 1.82) is 0 Å². The van der Waals surface area contributed by atoms with Gasteiger partial charge < -0.3 is 20.1 Å². The number of hydrogen-bond acceptors (Lipinski definition) is 3. The number of rotatable bonds is 10. The Kier molecular flexibility index (Phi) is 12.3. The Morgan fingerprint density at radius 2 is 1.54 bits per heavy atom. The Morgan fingerprint density at radius 3 is 2.14 bits per heavy atom. The highest BCUT2D eigenvalue weighted by Crippen LogP contribution is 2.11. The highest BCUT2D eigenvalue weighted by molar-refractivity contribution is 14.0. The number of guanidine groups is 1. The van der Waals surface area contributed by atoms with Crippen molar-refractivity contribution in [2.45, 2.75) is 33.4 Å². The summed E-state index contributed by atoms with van der Waals surface area (Å²) < 4.78 is 10.6. The molecule has 6 heteroatoms. The topological polar surface area (TPSA) is 54.9 Å². The standard InChI is InChI=1S/C22H31N3O2.HI/c1-4-23-22(24-15-14-18-10-12-21(26-3)13-11-18)25-16-19-6-8-20(9-7-19)17-27-5-2;/h6-13H,4-5,14-17H2,1-3H3,(H2,23,24,25);1H. The summed E-state index contributed by atoms with van der Waals surface area (Å²) in [6.07, 6.45) is 0.931. The van der Waals surface area contributed by atoms with E-state index >= 15 is 0 Å². The lowest BCUT2D eigenvalue weighted by atomic mass is 10.1. The molecule has 0 bridgehead atoms. The second-order valence-corrected chi connectivity index (χ2v) is 6.17. The van der Waals surface area contributed by atoms with Crippen molar-refractivity contribution in [3.05, 3.63) is 65.2 Å². The molecule has 154 valence electrons. The maximum absolute atomic E-state index is 5.43. The molecule has 0 saturated heterocycles. The van der Waals surface area contributed by atoms with Crippen LogP contribution in [0.25, 0.3) is 0 Å². The minimum atomic E-state index is 0. The second-order valence-electron chi connectivity index (χ2n) is 6.17. The molecule has 2 aromatic carbocycles. The van der Waals surface area contributed by atoms with Crippen LogP contribution in [0.1, 0.15) is 30.5 Å². The van der Waals surface area contributed by atoms with Gasteiger partial charge in [-0.3, -0.25) is 0 Å². The molecule has 0 heterocycles. The number of nitrogens with zero attached hydrogens (tertiary/aromatic N) is 1. The van der Waals surface area contributed by atoms with Gasteiger partial charge in [0, 0.05) is 19.7 Å². The van der Waals surface area contributed by atoms with Crippen LogP contribution >= 0.6 is 24.0 Å². The predicted molar refractivity (Wildman–Crippen MR) is 127 cm³/mol. The van der Waals surface area contributed by atoms with Crippen LogP contribution in [0.5, 0.6) is 5.75 Å². The third kappa shape index (κ3) is 8.93. The lowest BCUT2D eigenvalue weighted by Gasteiger charge is -2.11. The number of ether oxygens (including phenoxy) is 2. The highest BCUT2D eigenvalue weighted by Gasteiger charge is 2.00. The maximum atomic E-state index is 5.43. The average molecular weight is 497 g/mol. The van der Waals surface area contributed by atoms with Gasteiger partial charge in [-0.15, -0.1) is 24.0 Å². The molecule has 0 aliphatic rings. The van der Waals surface area contributed by atoms with Crippen molar-refractivity contribution in [2.24, 2.45) is 4.99 Å². The second kappa shape index (κ2) is 14.2. The molecule has 0 unspecified atom stereocenters. The minimum Gasteiger partial charge on any atom is -0.497 e. The number of halogens is 1. The fourth-order valence-corrected chi connectivity index (χ4v) is 2.59. The van der Waals surface area contributed by atoms with Crippen molar-refractivity contribution in [3.63, 3.8) is 0 Å². The lowest BCUT2D eigenvalue weighted by Crippen LogP contribution is -2.38. The normalized spacial score (nSPS) is 10.9. The first-order valence-electron chi connectivity index (χ1n) is 9.55. The van der Waals surface area contributed by atoms with Crippen molar-refractivity contribution in [3.8, 4) is 5.75 Å². The monoisotopic (exact) mass is 497 g/mol. The zero-order chi connectivity index (χ0) is 19.3. The van der Waals surface area contributed by atoms with E-state index in [4.69, 9.17) is 9.47 Å². The van der Waals surface area contributed by atoms with E-state index in [1.807, 2.05) is 19.1 Å². The van der Waals surface area contributed by atoms with Gasteiger partial charge in [0.2, 0.25) is 0 Å². The van der Waals surface area contributed by atoms with Crippen molar-refractivity contribution in [2.75, 3.05) is 26.8 Å². The highest BCUT2D eigenvalue weighted by atomic mass is 127. The van der Waals surface area contributed by atoms with E-state index < -0.39 is 0 Å². The van der Waals surface area contributed by atoms with Crippen LogP contribution in [-0.2, 0) is 24.3 Å². The van der Waals surface area contributed by atoms with Crippen LogP contribution in [0.15, 0.2) is 53.5 Å². The summed E-state index contributed by atoms with van der Waals surface area (Å²) in [6, 6.07) is 16.6. The molecule has 2 N–H and O–H groups in total. The Balaban J connectivity index is 0.00000392. The molecule has 2 aromatic rings. The van der Waals surface area contributed by atoms with Gasteiger partial charge in [-0.25, -0.2) is 4.99 Å². The third-order valence-electron chi connectivity index (χ3n) is 4.12. The fraction of sp³-hybridized carbons (Fsp3) is 0.409. The summed E-state index contributed by atoms with van der Waals surface area (Å²) in [5.74, 6) is 1.72. The molecular weight excluding hydrogens is 465 g/mol. The minimum absolute atomic E-state index is 0. The molecule has 0 aliphatic carbocycles. The van der Waals surface area contributed by atoms with Gasteiger partial charge in [-0.2, -0.15) is 0 Å². The molecule has 0 atom stereocenters. The number of hydrogen-bond donors (Lipinski definition) is 2. The summed E-state index contributed by atoms with van der Waals surface area (Å²) in [5.41, 5.74) is 3.64. The van der Waals surface area contributed by atoms with Crippen LogP contribution in [0.3, 0.4) is 0 Å². The van der Waals surface area contributed by atoms with Gasteiger partial charge >= 0.3 is 0 Å². The Labute approximate surface area is 186 Å². The number of nitrogens with one attached hydrogen (secondary N) is 2. The average Bonchev–Trinajstić information content (AvgIpc) is 2.71. The van der Waals surface area contributed by atoms with Crippen molar-refractivity contribution < 1.29 is 9.47 Å². The third-order valence-corrected chi connectivity index (χ3v) is 4.12. The van der Waals surface area contributed by atoms with Gasteiger partial charge in [-0.1, -0.05) is 36.4 Å². The van der Waals surface area contributed by atoms with Gasteiger partial charge in [0.1, 0.15) is 5.75 Å². The molecule has 0 spiro atoms. The van der Waals surface area contributed by atoms with E-state index in [9.17, 15) is 0 Å². The molecule has 0 fully saturated rings. The summed E-state index contributed by atoms with van der Waals surface area (Å²) in [6.45, 7) is 7.78. The summed E-state index contributed by atoms with van der Waals surface area (Å²) in [5, 5.41) is 6.69. The zero-order valence-electron chi connectivity index (χ0n) is 17.0. The Morgan fingerprint density at radius 1 is 0.893 bits per heavy atom. The van der Waals surface area contributed by atoms with Crippen LogP contribution in [-0.4, -0.2) is 32.8 Å². The molecule has 0 saturated carbocycles. The first-order valence-corrected chi connectivity index (χ1v) is 9.55. The predicted octanol–water partition coefficient (Wildman–Crippen LogP) is 4.15. The molecule has 0 amide bonds. The quantitative estimate of drug-likeness (QED) is 0.294. The fourth-order valence-electron chi connectivity index (χ4n) is 2.59. The van der Waals surface area contributed by atoms with Gasteiger partial charge in [0.15, 0.2) is 5.96 Å². The molecule has 0 aliphatic heterocycles. The first-order chi connectivity index (χ1) is 13.2. The van der Waals surface area contributed by atoms with Crippen LogP contribution in [0, 0.1) is 0 Å². The van der Waals surface area contributed by atoms with E-state index in [0.717, 1.165) is 37.8 Å². The summed E-state index contributed by atoms with van der Waals surface area (Å²) in [4.78, 5) is 4.68. The number of benzene rings is 2. The van der Waals surface area contributed by atoms with E-state index in [1.54, 1.807) is 7.11 Å². The molecule has 2 rings (SSSR count). The van der Waals surface area contributed by atoms with E-state index in [0.29, 0.717) is 13.2 Å². The first kappa shape index (κ1) is 24.2. The van der Waals surface area contributed by atoms with Gasteiger partial charge in [0.25, 0.3) is 0 Å². The molecule has 0 radical (unpaired) electrons. The van der Waals surface area contributed by atoms with E-state index in [2.05, 4.69) is 58.9 Å². The molecular formula is C22H32IN3O2. The van der Waals surface area contributed by atoms with E-state index in [-0.39, 0.29) is 24.0 Å². The van der Waals surface area contributed by atoms with Crippen LogP contribution in [0.4, 0.5) is 0 Å². The molecule has 0 aromatic heterocycles. The molecule has 5 nitrogen and oxygen atoms in total. The lowest BCUT2D eigenvalue weighted by molar-refractivity contribution is 0.134. The zero-order valence-corrected chi connectivity index (χ0v) is 19.4. The van der Waals surface area contributed by atoms with Crippen molar-refractivity contribution in [1.82, 2.24) is 10.6 Å². The summed E-state index contributed by atoms with van der Waals surface area (Å²) in [7, 11) is 1.68. The Bertz CT molecular complexity index is 688. The SMILES string of the molecule is CCNC(=NCc1ccc(COCC)cc1)NCCc1ccc(OC)cc1.I. The van der Waals surface area contributed by atoms with Gasteiger partial charge in [-0.05, 0) is 49.1 Å². The largest absolute Gasteiger partial charge is 0.497 e. The smallest absolute Gasteiger partial charge is 0.191 e. The number of methoxy groups -OCH3 is 1.